The summed E-state index contributed by atoms with van der Waals surface area (Å²) in [4.78, 5) is 12.5. The molecule has 0 spiro atoms. The third kappa shape index (κ3) is 3.68. The van der Waals surface area contributed by atoms with Crippen LogP contribution in [0.15, 0.2) is 40.8 Å². The number of amides is 2. The molecule has 2 amide bonds. The van der Waals surface area contributed by atoms with Gasteiger partial charge in [-0.2, -0.15) is 0 Å². The molecule has 4 rings (SSSR count). The van der Waals surface area contributed by atoms with Gasteiger partial charge in [0.1, 0.15) is 17.1 Å². The van der Waals surface area contributed by atoms with Gasteiger partial charge in [0.2, 0.25) is 5.79 Å². The van der Waals surface area contributed by atoms with Gasteiger partial charge < -0.3 is 29.3 Å². The number of furan rings is 1. The maximum Gasteiger partial charge on any atom is 0.319 e. The minimum atomic E-state index is -0.709. The maximum atomic E-state index is 12.5. The number of aryl methyl sites for hydroxylation is 1. The molecule has 29 heavy (non-hydrogen) atoms. The summed E-state index contributed by atoms with van der Waals surface area (Å²) in [5, 5.41) is 6.70. The van der Waals surface area contributed by atoms with E-state index in [2.05, 4.69) is 10.6 Å². The Kier molecular flexibility index (Phi) is 4.53. The molecular weight excluding hydrogens is 372 g/mol. The van der Waals surface area contributed by atoms with E-state index in [1.807, 2.05) is 45.9 Å². The van der Waals surface area contributed by atoms with Crippen LogP contribution in [0.25, 0.3) is 11.0 Å². The summed E-state index contributed by atoms with van der Waals surface area (Å²) >= 11 is 0. The van der Waals surface area contributed by atoms with Crippen LogP contribution in [-0.4, -0.2) is 18.9 Å². The highest BCUT2D eigenvalue weighted by atomic mass is 16.7. The second-order valence-electron chi connectivity index (χ2n) is 7.54. The van der Waals surface area contributed by atoms with Gasteiger partial charge in [0, 0.05) is 36.6 Å². The molecular formula is C22H24N2O5. The Morgan fingerprint density at radius 2 is 1.86 bits per heavy atom. The molecule has 2 heterocycles. The van der Waals surface area contributed by atoms with Crippen molar-refractivity contribution in [3.63, 3.8) is 0 Å². The van der Waals surface area contributed by atoms with Gasteiger partial charge in [-0.25, -0.2) is 4.79 Å². The Morgan fingerprint density at radius 3 is 2.62 bits per heavy atom. The number of rotatable bonds is 4. The summed E-state index contributed by atoms with van der Waals surface area (Å²) in [5.74, 6) is 2.01. The van der Waals surface area contributed by atoms with Crippen LogP contribution in [0.3, 0.4) is 0 Å². The number of nitrogens with one attached hydrogen (secondary N) is 2. The first-order chi connectivity index (χ1) is 13.8. The van der Waals surface area contributed by atoms with E-state index in [1.165, 1.54) is 0 Å². The predicted molar refractivity (Wildman–Crippen MR) is 110 cm³/mol. The first-order valence-corrected chi connectivity index (χ1v) is 9.42. The average molecular weight is 396 g/mol. The molecule has 0 saturated carbocycles. The molecule has 152 valence electrons. The molecule has 3 aromatic rings. The Hall–Kier alpha value is -3.35. The fourth-order valence-electron chi connectivity index (χ4n) is 3.49. The number of anilines is 1. The molecule has 1 aliphatic rings. The van der Waals surface area contributed by atoms with Crippen LogP contribution in [-0.2, 0) is 0 Å². The Morgan fingerprint density at radius 1 is 1.10 bits per heavy atom. The van der Waals surface area contributed by atoms with E-state index in [4.69, 9.17) is 18.6 Å². The molecule has 0 bridgehead atoms. The lowest BCUT2D eigenvalue weighted by Gasteiger charge is -2.16. The van der Waals surface area contributed by atoms with E-state index in [-0.39, 0.29) is 12.1 Å². The fourth-order valence-corrected chi connectivity index (χ4v) is 3.49. The van der Waals surface area contributed by atoms with Crippen LogP contribution in [0.1, 0.15) is 38.1 Å². The van der Waals surface area contributed by atoms with Crippen molar-refractivity contribution < 1.29 is 23.4 Å². The first kappa shape index (κ1) is 19.0. The van der Waals surface area contributed by atoms with Crippen molar-refractivity contribution in [1.82, 2.24) is 5.32 Å². The number of methoxy groups -OCH3 is 1. The number of carbonyl (C=O) groups excluding carboxylic acids is 1. The summed E-state index contributed by atoms with van der Waals surface area (Å²) in [7, 11) is 1.63. The zero-order valence-electron chi connectivity index (χ0n) is 17.1. The van der Waals surface area contributed by atoms with Gasteiger partial charge in [0.15, 0.2) is 11.5 Å². The number of hydrogen-bond acceptors (Lipinski definition) is 5. The second kappa shape index (κ2) is 6.92. The van der Waals surface area contributed by atoms with Crippen molar-refractivity contribution in [3.05, 3.63) is 47.7 Å². The minimum absolute atomic E-state index is 0.318. The Balaban J connectivity index is 1.47. The average Bonchev–Trinajstić information content (AvgIpc) is 3.16. The molecule has 2 aromatic carbocycles. The zero-order chi connectivity index (χ0) is 20.8. The molecule has 0 saturated heterocycles. The van der Waals surface area contributed by atoms with Gasteiger partial charge in [0.05, 0.1) is 13.2 Å². The SMILES string of the molecule is COc1ccc2oc([C@H](C)NC(=O)Nc3ccc4c(c3)OC(C)(C)O4)c(C)c2c1. The molecule has 0 radical (unpaired) electrons. The molecule has 0 unspecified atom stereocenters. The molecule has 7 nitrogen and oxygen atoms in total. The summed E-state index contributed by atoms with van der Waals surface area (Å²) in [6, 6.07) is 10.3. The third-order valence-electron chi connectivity index (χ3n) is 4.83. The van der Waals surface area contributed by atoms with Crippen LogP contribution in [0.4, 0.5) is 10.5 Å². The summed E-state index contributed by atoms with van der Waals surface area (Å²) in [5.41, 5.74) is 2.34. The van der Waals surface area contributed by atoms with Crippen molar-refractivity contribution in [1.29, 1.82) is 0 Å². The second-order valence-corrected chi connectivity index (χ2v) is 7.54. The standard InChI is InChI=1S/C22H24N2O5/c1-12-16-11-15(26-5)7-9-17(16)27-20(12)13(2)23-21(25)24-14-6-8-18-19(10-14)29-22(3,4)28-18/h6-11,13H,1-5H3,(H2,23,24,25)/t13-/m0/s1. The smallest absolute Gasteiger partial charge is 0.319 e. The lowest BCUT2D eigenvalue weighted by molar-refractivity contribution is -0.0431. The van der Waals surface area contributed by atoms with Gasteiger partial charge >= 0.3 is 6.03 Å². The van der Waals surface area contributed by atoms with Crippen LogP contribution >= 0.6 is 0 Å². The lowest BCUT2D eigenvalue weighted by atomic mass is 10.1. The topological polar surface area (TPSA) is 82.0 Å². The summed E-state index contributed by atoms with van der Waals surface area (Å²) in [6.07, 6.45) is 0. The Bertz CT molecular complexity index is 1090. The van der Waals surface area contributed by atoms with Gasteiger partial charge in [-0.1, -0.05) is 0 Å². The number of ether oxygens (including phenoxy) is 3. The normalized spacial score (nSPS) is 15.2. The number of fused-ring (bicyclic) bond motifs is 2. The molecule has 1 aliphatic heterocycles. The van der Waals surface area contributed by atoms with E-state index in [9.17, 15) is 4.79 Å². The fraction of sp³-hybridized carbons (Fsp3) is 0.318. The van der Waals surface area contributed by atoms with E-state index in [1.54, 1.807) is 25.3 Å². The molecule has 1 atom stereocenters. The quantitative estimate of drug-likeness (QED) is 0.638. The first-order valence-electron chi connectivity index (χ1n) is 9.42. The number of benzene rings is 2. The predicted octanol–water partition coefficient (Wildman–Crippen LogP) is 5.14. The largest absolute Gasteiger partial charge is 0.497 e. The monoisotopic (exact) mass is 396 g/mol. The molecule has 0 aliphatic carbocycles. The molecule has 2 N–H and O–H groups in total. The van der Waals surface area contributed by atoms with Crippen LogP contribution in [0.2, 0.25) is 0 Å². The third-order valence-corrected chi connectivity index (χ3v) is 4.83. The highest BCUT2D eigenvalue weighted by Crippen LogP contribution is 2.40. The van der Waals surface area contributed by atoms with E-state index >= 15 is 0 Å². The number of carbonyl (C=O) groups is 1. The van der Waals surface area contributed by atoms with Gasteiger partial charge in [-0.3, -0.25) is 0 Å². The minimum Gasteiger partial charge on any atom is -0.497 e. The maximum absolute atomic E-state index is 12.5. The van der Waals surface area contributed by atoms with Crippen LogP contribution < -0.4 is 24.8 Å². The van der Waals surface area contributed by atoms with Gasteiger partial charge in [-0.05, 0) is 44.2 Å². The van der Waals surface area contributed by atoms with Crippen molar-refractivity contribution in [2.75, 3.05) is 12.4 Å². The van der Waals surface area contributed by atoms with Gasteiger partial charge in [0.25, 0.3) is 0 Å². The summed E-state index contributed by atoms with van der Waals surface area (Å²) < 4.78 is 22.6. The van der Waals surface area contributed by atoms with E-state index < -0.39 is 5.79 Å². The molecule has 0 fully saturated rings. The lowest BCUT2D eigenvalue weighted by Crippen LogP contribution is -2.31. The zero-order valence-corrected chi connectivity index (χ0v) is 17.1. The van der Waals surface area contributed by atoms with Crippen molar-refractivity contribution in [2.24, 2.45) is 0 Å². The number of urea groups is 1. The molecule has 1 aromatic heterocycles. The van der Waals surface area contributed by atoms with Crippen LogP contribution in [0.5, 0.6) is 17.2 Å². The summed E-state index contributed by atoms with van der Waals surface area (Å²) in [6.45, 7) is 7.51. The van der Waals surface area contributed by atoms with Crippen molar-refractivity contribution >= 4 is 22.7 Å². The van der Waals surface area contributed by atoms with Crippen molar-refractivity contribution in [3.8, 4) is 17.2 Å². The highest BCUT2D eigenvalue weighted by Gasteiger charge is 2.31. The number of hydrogen-bond donors (Lipinski definition) is 2. The molecule has 7 heteroatoms. The van der Waals surface area contributed by atoms with E-state index in [0.29, 0.717) is 22.9 Å². The van der Waals surface area contributed by atoms with Crippen molar-refractivity contribution in [2.45, 2.75) is 39.5 Å². The Labute approximate surface area is 168 Å². The van der Waals surface area contributed by atoms with Crippen LogP contribution in [0, 0.1) is 6.92 Å². The van der Waals surface area contributed by atoms with E-state index in [0.717, 1.165) is 22.3 Å². The highest BCUT2D eigenvalue weighted by molar-refractivity contribution is 5.90. The van der Waals surface area contributed by atoms with Gasteiger partial charge in [-0.15, -0.1) is 0 Å².